The van der Waals surface area contributed by atoms with E-state index in [-0.39, 0.29) is 24.0 Å². The van der Waals surface area contributed by atoms with Crippen molar-refractivity contribution in [2.75, 3.05) is 26.2 Å². The van der Waals surface area contributed by atoms with Gasteiger partial charge in [0.25, 0.3) is 0 Å². The first kappa shape index (κ1) is 23.4. The zero-order chi connectivity index (χ0) is 19.1. The molecule has 0 spiro atoms. The monoisotopic (exact) mass is 503 g/mol. The zero-order valence-corrected chi connectivity index (χ0v) is 20.2. The second-order valence-electron chi connectivity index (χ2n) is 8.13. The van der Waals surface area contributed by atoms with E-state index >= 15 is 0 Å². The number of aryl methyl sites for hydroxylation is 2. The lowest BCUT2D eigenvalue weighted by atomic mass is 9.79. The second kappa shape index (κ2) is 11.4. The van der Waals surface area contributed by atoms with Crippen LogP contribution in [0.25, 0.3) is 0 Å². The number of hydrogen-bond acceptors (Lipinski definition) is 4. The number of hydrogen-bond donors (Lipinski definition) is 2. The Labute approximate surface area is 187 Å². The van der Waals surface area contributed by atoms with Crippen molar-refractivity contribution in [3.05, 3.63) is 17.3 Å². The van der Waals surface area contributed by atoms with Crippen molar-refractivity contribution < 1.29 is 4.42 Å². The molecule has 0 amide bonds. The van der Waals surface area contributed by atoms with Crippen LogP contribution < -0.4 is 10.6 Å². The molecule has 0 bridgehead atoms. The van der Waals surface area contributed by atoms with Gasteiger partial charge in [0.15, 0.2) is 5.96 Å². The molecule has 7 heteroatoms. The van der Waals surface area contributed by atoms with E-state index in [1.54, 1.807) is 0 Å². The first-order valence-electron chi connectivity index (χ1n) is 10.8. The topological polar surface area (TPSA) is 65.7 Å². The van der Waals surface area contributed by atoms with Gasteiger partial charge in [-0.3, -0.25) is 4.90 Å². The first-order valence-corrected chi connectivity index (χ1v) is 10.8. The molecular formula is C21H38IN5O. The second-order valence-corrected chi connectivity index (χ2v) is 8.13. The van der Waals surface area contributed by atoms with Gasteiger partial charge in [0.2, 0.25) is 5.89 Å². The van der Waals surface area contributed by atoms with E-state index in [9.17, 15) is 0 Å². The van der Waals surface area contributed by atoms with E-state index in [1.807, 2.05) is 13.8 Å². The molecule has 2 N–H and O–H groups in total. The minimum Gasteiger partial charge on any atom is -0.444 e. The van der Waals surface area contributed by atoms with Crippen LogP contribution >= 0.6 is 24.0 Å². The Bertz CT molecular complexity index is 599. The Hall–Kier alpha value is -0.830. The Morgan fingerprint density at radius 1 is 1.07 bits per heavy atom. The average molecular weight is 503 g/mol. The zero-order valence-electron chi connectivity index (χ0n) is 17.9. The van der Waals surface area contributed by atoms with Gasteiger partial charge in [0, 0.05) is 18.6 Å². The minimum absolute atomic E-state index is 0. The van der Waals surface area contributed by atoms with Crippen LogP contribution in [0.1, 0.15) is 75.6 Å². The SMILES string of the molecule is CCNC(=NCc1nc(C)c(C)o1)NCC1(N2CCCCC2)CCCCC1.I. The molecule has 3 rings (SSSR count). The Kier molecular flexibility index (Phi) is 9.53. The van der Waals surface area contributed by atoms with Crippen LogP contribution in [0.3, 0.4) is 0 Å². The summed E-state index contributed by atoms with van der Waals surface area (Å²) >= 11 is 0. The summed E-state index contributed by atoms with van der Waals surface area (Å²) < 4.78 is 5.67. The summed E-state index contributed by atoms with van der Waals surface area (Å²) in [6.07, 6.45) is 10.8. The van der Waals surface area contributed by atoms with E-state index in [2.05, 4.69) is 27.4 Å². The van der Waals surface area contributed by atoms with Gasteiger partial charge in [0.05, 0.1) is 5.69 Å². The smallest absolute Gasteiger partial charge is 0.216 e. The largest absolute Gasteiger partial charge is 0.444 e. The van der Waals surface area contributed by atoms with Crippen LogP contribution in [0.4, 0.5) is 0 Å². The van der Waals surface area contributed by atoms with Gasteiger partial charge >= 0.3 is 0 Å². The quantitative estimate of drug-likeness (QED) is 0.347. The molecule has 2 fully saturated rings. The lowest BCUT2D eigenvalue weighted by molar-refractivity contribution is 0.0368. The molecule has 1 aliphatic heterocycles. The number of rotatable bonds is 6. The maximum Gasteiger partial charge on any atom is 0.216 e. The molecule has 160 valence electrons. The number of nitrogens with one attached hydrogen (secondary N) is 2. The van der Waals surface area contributed by atoms with Crippen LogP contribution in [-0.4, -0.2) is 47.6 Å². The van der Waals surface area contributed by atoms with Crippen LogP contribution in [-0.2, 0) is 6.54 Å². The molecule has 1 aromatic heterocycles. The molecule has 1 saturated heterocycles. The van der Waals surface area contributed by atoms with Crippen molar-refractivity contribution in [1.29, 1.82) is 0 Å². The number of aromatic nitrogens is 1. The molecule has 0 aromatic carbocycles. The number of aliphatic imine (C=N–C) groups is 1. The van der Waals surface area contributed by atoms with Crippen LogP contribution in [0.2, 0.25) is 0 Å². The summed E-state index contributed by atoms with van der Waals surface area (Å²) in [5.41, 5.74) is 1.25. The van der Waals surface area contributed by atoms with E-state index in [4.69, 9.17) is 9.41 Å². The third kappa shape index (κ3) is 6.08. The predicted octanol–water partition coefficient (Wildman–Crippen LogP) is 4.15. The summed E-state index contributed by atoms with van der Waals surface area (Å²) in [5.74, 6) is 2.43. The van der Waals surface area contributed by atoms with Gasteiger partial charge in [-0.05, 0) is 59.5 Å². The van der Waals surface area contributed by atoms with Crippen molar-refractivity contribution in [2.45, 2.75) is 84.2 Å². The highest BCUT2D eigenvalue weighted by Gasteiger charge is 2.38. The van der Waals surface area contributed by atoms with Crippen molar-refractivity contribution in [2.24, 2.45) is 4.99 Å². The van der Waals surface area contributed by atoms with E-state index in [1.165, 1.54) is 64.5 Å². The summed E-state index contributed by atoms with van der Waals surface area (Å²) in [7, 11) is 0. The highest BCUT2D eigenvalue weighted by Crippen LogP contribution is 2.35. The normalized spacial score (nSPS) is 20.5. The van der Waals surface area contributed by atoms with Crippen LogP contribution in [0.15, 0.2) is 9.41 Å². The maximum atomic E-state index is 5.67. The molecule has 0 radical (unpaired) electrons. The third-order valence-corrected chi connectivity index (χ3v) is 6.19. The summed E-state index contributed by atoms with van der Waals surface area (Å²) in [4.78, 5) is 11.9. The Balaban J connectivity index is 0.00000280. The van der Waals surface area contributed by atoms with Crippen LogP contribution in [0, 0.1) is 13.8 Å². The predicted molar refractivity (Wildman–Crippen MR) is 125 cm³/mol. The summed E-state index contributed by atoms with van der Waals surface area (Å²) in [6.45, 7) is 10.8. The fraction of sp³-hybridized carbons (Fsp3) is 0.810. The standard InChI is InChI=1S/C21H37N5O.HI/c1-4-22-20(23-15-19-25-17(2)18(3)27-19)24-16-21(11-7-5-8-12-21)26-13-9-6-10-14-26;/h4-16H2,1-3H3,(H2,22,23,24);1H. The van der Waals surface area contributed by atoms with Gasteiger partial charge in [-0.2, -0.15) is 0 Å². The van der Waals surface area contributed by atoms with Gasteiger partial charge in [-0.25, -0.2) is 9.98 Å². The van der Waals surface area contributed by atoms with Gasteiger partial charge < -0.3 is 15.1 Å². The number of piperidine rings is 1. The lowest BCUT2D eigenvalue weighted by Gasteiger charge is -2.48. The molecule has 2 aliphatic rings. The van der Waals surface area contributed by atoms with Gasteiger partial charge in [0.1, 0.15) is 12.3 Å². The maximum absolute atomic E-state index is 5.67. The molecule has 0 atom stereocenters. The van der Waals surface area contributed by atoms with Gasteiger partial charge in [-0.15, -0.1) is 24.0 Å². The average Bonchev–Trinajstić information content (AvgIpc) is 3.03. The van der Waals surface area contributed by atoms with E-state index in [0.717, 1.165) is 30.5 Å². The lowest BCUT2D eigenvalue weighted by Crippen LogP contribution is -2.59. The Morgan fingerprint density at radius 2 is 1.75 bits per heavy atom. The number of likely N-dealkylation sites (tertiary alicyclic amines) is 1. The Morgan fingerprint density at radius 3 is 2.36 bits per heavy atom. The van der Waals surface area contributed by atoms with Crippen molar-refractivity contribution in [3.8, 4) is 0 Å². The first-order chi connectivity index (χ1) is 13.1. The van der Waals surface area contributed by atoms with Crippen molar-refractivity contribution in [3.63, 3.8) is 0 Å². The van der Waals surface area contributed by atoms with Gasteiger partial charge in [-0.1, -0.05) is 25.7 Å². The molecule has 1 saturated carbocycles. The fourth-order valence-electron chi connectivity index (χ4n) is 4.53. The molecule has 2 heterocycles. The minimum atomic E-state index is 0. The molecule has 1 aromatic rings. The van der Waals surface area contributed by atoms with Crippen molar-refractivity contribution >= 4 is 29.9 Å². The van der Waals surface area contributed by atoms with E-state index in [0.29, 0.717) is 18.0 Å². The summed E-state index contributed by atoms with van der Waals surface area (Å²) in [6, 6.07) is 0. The molecule has 0 unspecified atom stereocenters. The van der Waals surface area contributed by atoms with E-state index < -0.39 is 0 Å². The van der Waals surface area contributed by atoms with Crippen LogP contribution in [0.5, 0.6) is 0 Å². The number of guanidine groups is 1. The summed E-state index contributed by atoms with van der Waals surface area (Å²) in [5, 5.41) is 7.03. The molecule has 6 nitrogen and oxygen atoms in total. The number of nitrogens with zero attached hydrogens (tertiary/aromatic N) is 3. The highest BCUT2D eigenvalue weighted by molar-refractivity contribution is 14.0. The highest BCUT2D eigenvalue weighted by atomic mass is 127. The molecule has 1 aliphatic carbocycles. The number of oxazole rings is 1. The van der Waals surface area contributed by atoms with Crippen molar-refractivity contribution in [1.82, 2.24) is 20.5 Å². The molecular weight excluding hydrogens is 465 g/mol. The fourth-order valence-corrected chi connectivity index (χ4v) is 4.53. The molecule has 28 heavy (non-hydrogen) atoms. The third-order valence-electron chi connectivity index (χ3n) is 6.19. The number of halogens is 1.